The number of carbonyl (C=O) groups is 1. The molecule has 0 fully saturated rings. The van der Waals surface area contributed by atoms with Crippen LogP contribution in [0.1, 0.15) is 11.1 Å². The van der Waals surface area contributed by atoms with Crippen LogP contribution in [0.4, 0.5) is 0 Å². The fourth-order valence-corrected chi connectivity index (χ4v) is 2.30. The molecule has 140 valence electrons. The van der Waals surface area contributed by atoms with Crippen LogP contribution in [0.5, 0.6) is 0 Å². The van der Waals surface area contributed by atoms with Crippen LogP contribution in [-0.2, 0) is 17.9 Å². The van der Waals surface area contributed by atoms with Crippen LogP contribution in [0.25, 0.3) is 0 Å². The minimum absolute atomic E-state index is 0. The van der Waals surface area contributed by atoms with Crippen molar-refractivity contribution in [1.82, 2.24) is 15.5 Å². The zero-order chi connectivity index (χ0) is 18.1. The van der Waals surface area contributed by atoms with Crippen molar-refractivity contribution in [1.29, 1.82) is 0 Å². The van der Waals surface area contributed by atoms with E-state index in [2.05, 4.69) is 31.6 Å². The van der Waals surface area contributed by atoms with E-state index in [1.807, 2.05) is 54.6 Å². The summed E-state index contributed by atoms with van der Waals surface area (Å²) in [6.45, 7) is 1.38. The van der Waals surface area contributed by atoms with E-state index in [0.29, 0.717) is 19.0 Å². The van der Waals surface area contributed by atoms with Gasteiger partial charge in [-0.05, 0) is 23.3 Å². The number of halogens is 2. The summed E-state index contributed by atoms with van der Waals surface area (Å²) in [5.41, 5.74) is 2.25. The number of hydrogen-bond acceptors (Lipinski definition) is 2. The number of benzene rings is 2. The number of amides is 1. The summed E-state index contributed by atoms with van der Waals surface area (Å²) in [4.78, 5) is 17.9. The van der Waals surface area contributed by atoms with E-state index in [-0.39, 0.29) is 36.4 Å². The summed E-state index contributed by atoms with van der Waals surface area (Å²) in [5.74, 6) is 0.611. The molecule has 0 aliphatic rings. The maximum Gasteiger partial charge on any atom is 0.241 e. The summed E-state index contributed by atoms with van der Waals surface area (Å²) in [6.07, 6.45) is 0. The Balaban J connectivity index is 0.00000338. The lowest BCUT2D eigenvalue weighted by Gasteiger charge is -2.15. The Kier molecular flexibility index (Phi) is 10.3. The molecule has 0 aliphatic carbocycles. The van der Waals surface area contributed by atoms with Gasteiger partial charge in [0.15, 0.2) is 5.96 Å². The van der Waals surface area contributed by atoms with E-state index in [1.165, 1.54) is 0 Å². The van der Waals surface area contributed by atoms with Gasteiger partial charge in [0, 0.05) is 25.1 Å². The minimum Gasteiger partial charge on any atom is -0.352 e. The van der Waals surface area contributed by atoms with Gasteiger partial charge in [-0.15, -0.1) is 24.0 Å². The average molecular weight is 531 g/mol. The molecule has 2 rings (SSSR count). The van der Waals surface area contributed by atoms with Crippen molar-refractivity contribution in [3.05, 3.63) is 70.2 Å². The molecule has 0 aromatic heterocycles. The standard InChI is InChI=1S/C19H23BrN4O.HI/c1-24(2)18(25)14-23-19(21-12-15-6-4-3-5-7-15)22-13-16-8-10-17(20)11-9-16;/h3-11H,12-14H2,1-2H3,(H2,21,22,23);1H. The van der Waals surface area contributed by atoms with Crippen LogP contribution in [0, 0.1) is 0 Å². The predicted octanol–water partition coefficient (Wildman–Crippen LogP) is 3.39. The van der Waals surface area contributed by atoms with Crippen molar-refractivity contribution in [2.75, 3.05) is 20.6 Å². The molecule has 0 atom stereocenters. The number of rotatable bonds is 6. The number of aliphatic imine (C=N–C) groups is 1. The van der Waals surface area contributed by atoms with Crippen LogP contribution in [0.2, 0.25) is 0 Å². The van der Waals surface area contributed by atoms with Crippen molar-refractivity contribution >= 4 is 51.8 Å². The third kappa shape index (κ3) is 8.18. The Hall–Kier alpha value is -1.61. The molecule has 26 heavy (non-hydrogen) atoms. The molecule has 7 heteroatoms. The normalized spacial score (nSPS) is 10.7. The second kappa shape index (κ2) is 11.9. The number of nitrogens with one attached hydrogen (secondary N) is 2. The van der Waals surface area contributed by atoms with E-state index >= 15 is 0 Å². The molecule has 0 saturated heterocycles. The van der Waals surface area contributed by atoms with Gasteiger partial charge in [0.25, 0.3) is 0 Å². The van der Waals surface area contributed by atoms with E-state index < -0.39 is 0 Å². The fourth-order valence-electron chi connectivity index (χ4n) is 2.03. The highest BCUT2D eigenvalue weighted by atomic mass is 127. The molecule has 0 aliphatic heterocycles. The molecule has 0 saturated carbocycles. The van der Waals surface area contributed by atoms with Crippen LogP contribution in [-0.4, -0.2) is 37.4 Å². The number of hydrogen-bond donors (Lipinski definition) is 2. The highest BCUT2D eigenvalue weighted by Gasteiger charge is 2.06. The van der Waals surface area contributed by atoms with E-state index in [1.54, 1.807) is 19.0 Å². The van der Waals surface area contributed by atoms with Gasteiger partial charge in [-0.3, -0.25) is 4.79 Å². The summed E-state index contributed by atoms with van der Waals surface area (Å²) in [7, 11) is 3.47. The monoisotopic (exact) mass is 530 g/mol. The molecule has 0 heterocycles. The quantitative estimate of drug-likeness (QED) is 0.342. The summed E-state index contributed by atoms with van der Waals surface area (Å²) < 4.78 is 1.05. The fraction of sp³-hybridized carbons (Fsp3) is 0.263. The maximum atomic E-state index is 11.8. The van der Waals surface area contributed by atoms with Crippen LogP contribution in [0.3, 0.4) is 0 Å². The SMILES string of the molecule is CN(C)C(=O)CNC(=NCc1ccccc1)NCc1ccc(Br)cc1.I. The molecule has 5 nitrogen and oxygen atoms in total. The van der Waals surface area contributed by atoms with Gasteiger partial charge in [-0.25, -0.2) is 4.99 Å². The lowest BCUT2D eigenvalue weighted by Crippen LogP contribution is -2.42. The molecule has 2 aromatic rings. The Labute approximate surface area is 180 Å². The Morgan fingerprint density at radius 2 is 1.65 bits per heavy atom. The van der Waals surface area contributed by atoms with Crippen molar-refractivity contribution in [3.63, 3.8) is 0 Å². The first-order valence-corrected chi connectivity index (χ1v) is 8.84. The van der Waals surface area contributed by atoms with Gasteiger partial charge in [0.1, 0.15) is 0 Å². The van der Waals surface area contributed by atoms with E-state index in [4.69, 9.17) is 0 Å². The van der Waals surface area contributed by atoms with Crippen LogP contribution >= 0.6 is 39.9 Å². The number of carbonyl (C=O) groups excluding carboxylic acids is 1. The highest BCUT2D eigenvalue weighted by Crippen LogP contribution is 2.10. The Morgan fingerprint density at radius 3 is 2.27 bits per heavy atom. The molecule has 2 aromatic carbocycles. The van der Waals surface area contributed by atoms with Crippen molar-refractivity contribution in [2.24, 2.45) is 4.99 Å². The Morgan fingerprint density at radius 1 is 1.00 bits per heavy atom. The van der Waals surface area contributed by atoms with E-state index in [0.717, 1.165) is 15.6 Å². The first-order chi connectivity index (χ1) is 12.0. The minimum atomic E-state index is -0.00199. The molecular weight excluding hydrogens is 507 g/mol. The molecule has 0 radical (unpaired) electrons. The topological polar surface area (TPSA) is 56.7 Å². The van der Waals surface area contributed by atoms with Gasteiger partial charge in [-0.1, -0.05) is 58.4 Å². The van der Waals surface area contributed by atoms with Gasteiger partial charge in [-0.2, -0.15) is 0 Å². The highest BCUT2D eigenvalue weighted by molar-refractivity contribution is 14.0. The number of nitrogens with zero attached hydrogens (tertiary/aromatic N) is 2. The van der Waals surface area contributed by atoms with Gasteiger partial charge >= 0.3 is 0 Å². The van der Waals surface area contributed by atoms with Gasteiger partial charge < -0.3 is 15.5 Å². The zero-order valence-corrected chi connectivity index (χ0v) is 18.8. The molecular formula is C19H24BrIN4O. The molecule has 0 spiro atoms. The molecule has 1 amide bonds. The average Bonchev–Trinajstić information content (AvgIpc) is 2.63. The first kappa shape index (κ1) is 22.4. The predicted molar refractivity (Wildman–Crippen MR) is 121 cm³/mol. The second-order valence-electron chi connectivity index (χ2n) is 5.77. The summed E-state index contributed by atoms with van der Waals surface area (Å²) >= 11 is 3.43. The smallest absolute Gasteiger partial charge is 0.241 e. The van der Waals surface area contributed by atoms with Crippen LogP contribution < -0.4 is 10.6 Å². The molecule has 0 bridgehead atoms. The number of likely N-dealkylation sites (N-methyl/N-ethyl adjacent to an activating group) is 1. The van der Waals surface area contributed by atoms with Gasteiger partial charge in [0.05, 0.1) is 13.1 Å². The van der Waals surface area contributed by atoms with Gasteiger partial charge in [0.2, 0.25) is 5.91 Å². The van der Waals surface area contributed by atoms with Crippen molar-refractivity contribution < 1.29 is 4.79 Å². The lowest BCUT2D eigenvalue weighted by molar-refractivity contribution is -0.127. The Bertz CT molecular complexity index is 705. The third-order valence-electron chi connectivity index (χ3n) is 3.54. The largest absolute Gasteiger partial charge is 0.352 e. The molecule has 0 unspecified atom stereocenters. The second-order valence-corrected chi connectivity index (χ2v) is 6.69. The van der Waals surface area contributed by atoms with E-state index in [9.17, 15) is 4.79 Å². The third-order valence-corrected chi connectivity index (χ3v) is 4.07. The number of guanidine groups is 1. The zero-order valence-electron chi connectivity index (χ0n) is 14.9. The molecule has 2 N–H and O–H groups in total. The summed E-state index contributed by atoms with van der Waals surface area (Å²) in [5, 5.41) is 6.36. The lowest BCUT2D eigenvalue weighted by atomic mass is 10.2. The van der Waals surface area contributed by atoms with Crippen molar-refractivity contribution in [3.8, 4) is 0 Å². The van der Waals surface area contributed by atoms with Crippen molar-refractivity contribution in [2.45, 2.75) is 13.1 Å². The first-order valence-electron chi connectivity index (χ1n) is 8.05. The summed E-state index contributed by atoms with van der Waals surface area (Å²) in [6, 6.07) is 18.1. The van der Waals surface area contributed by atoms with Crippen LogP contribution in [0.15, 0.2) is 64.1 Å². The maximum absolute atomic E-state index is 11.8.